The Morgan fingerprint density at radius 2 is 1.70 bits per heavy atom. The first-order valence-corrected chi connectivity index (χ1v) is 13.1. The van der Waals surface area contributed by atoms with Gasteiger partial charge < -0.3 is 19.3 Å². The molecule has 11 heteroatoms. The van der Waals surface area contributed by atoms with Gasteiger partial charge in [0.1, 0.15) is 22.5 Å². The van der Waals surface area contributed by atoms with Crippen molar-refractivity contribution in [1.29, 1.82) is 0 Å². The van der Waals surface area contributed by atoms with Crippen LogP contribution in [0.25, 0.3) is 0 Å². The van der Waals surface area contributed by atoms with Crippen LogP contribution >= 0.6 is 47.8 Å². The molecule has 182 valence electrons. The van der Waals surface area contributed by atoms with Crippen LogP contribution in [0.2, 0.25) is 0 Å². The maximum Gasteiger partial charge on any atom is 0.358 e. The van der Waals surface area contributed by atoms with Crippen LogP contribution in [0, 0.1) is 0 Å². The molecule has 0 aliphatic heterocycles. The van der Waals surface area contributed by atoms with E-state index in [4.69, 9.17) is 19.3 Å². The molecule has 0 aromatic heterocycles. The summed E-state index contributed by atoms with van der Waals surface area (Å²) in [5, 5.41) is 8.98. The molecule has 1 atom stereocenters. The molecule has 33 heavy (non-hydrogen) atoms. The first-order chi connectivity index (χ1) is 15.4. The van der Waals surface area contributed by atoms with Crippen LogP contribution in [-0.2, 0) is 25.3 Å². The van der Waals surface area contributed by atoms with Gasteiger partial charge in [-0.1, -0.05) is 31.9 Å². The van der Waals surface area contributed by atoms with Crippen LogP contribution < -0.4 is 4.74 Å². The van der Waals surface area contributed by atoms with Gasteiger partial charge in [-0.05, 0) is 80.0 Å². The summed E-state index contributed by atoms with van der Waals surface area (Å²) in [5.74, 6) is -0.00794. The van der Waals surface area contributed by atoms with Crippen molar-refractivity contribution in [3.8, 4) is 11.5 Å². The predicted octanol–water partition coefficient (Wildman–Crippen LogP) is 6.16. The number of hydrogen-bond donors (Lipinski definition) is 1. The second-order valence-corrected chi connectivity index (χ2v) is 11.9. The van der Waals surface area contributed by atoms with Crippen LogP contribution in [-0.4, -0.2) is 46.3 Å². The average molecular weight is 672 g/mol. The first kappa shape index (κ1) is 29.8. The highest BCUT2D eigenvalue weighted by Gasteiger charge is 2.26. The topological polar surface area (TPSA) is 94.4 Å². The van der Waals surface area contributed by atoms with E-state index in [9.17, 15) is 9.00 Å². The molecule has 2 aromatic rings. The smallest absolute Gasteiger partial charge is 0.358 e. The van der Waals surface area contributed by atoms with Gasteiger partial charge in [-0.2, -0.15) is 4.40 Å². The summed E-state index contributed by atoms with van der Waals surface area (Å²) in [5.41, 5.74) is 0.343. The minimum absolute atomic E-state index is 0.00704. The molecule has 1 N–H and O–H groups in total. The van der Waals surface area contributed by atoms with Crippen molar-refractivity contribution >= 4 is 70.5 Å². The molecular weight excluding hydrogens is 646 g/mol. The summed E-state index contributed by atoms with van der Waals surface area (Å²) in [7, 11) is -0.134. The largest absolute Gasteiger partial charge is 0.507 e. The van der Waals surface area contributed by atoms with E-state index in [-0.39, 0.29) is 24.9 Å². The van der Waals surface area contributed by atoms with Crippen molar-refractivity contribution < 1.29 is 28.3 Å². The van der Waals surface area contributed by atoms with Crippen LogP contribution in [0.4, 0.5) is 0 Å². The number of phenolic OH excluding ortho intramolecular Hbond substituents is 1. The molecule has 0 heterocycles. The average Bonchev–Trinajstić information content (AvgIpc) is 2.73. The highest BCUT2D eigenvalue weighted by Crippen LogP contribution is 2.27. The van der Waals surface area contributed by atoms with Crippen molar-refractivity contribution in [3.05, 3.63) is 55.4 Å². The second kappa shape index (κ2) is 14.2. The maximum absolute atomic E-state index is 12.4. The molecule has 0 bridgehead atoms. The minimum atomic E-state index is -1.63. The fourth-order valence-corrected chi connectivity index (χ4v) is 4.05. The SMILES string of the molecule is CCOC(=O)C(=NS(=O)C(C)(C)C)c1cc(Br)ccc1OCOC.Oc1ccc(Br)cc1Br. The van der Waals surface area contributed by atoms with Crippen molar-refractivity contribution in [2.75, 3.05) is 20.5 Å². The Balaban J connectivity index is 0.000000502. The van der Waals surface area contributed by atoms with Crippen molar-refractivity contribution in [1.82, 2.24) is 0 Å². The second-order valence-electron chi connectivity index (χ2n) is 7.31. The van der Waals surface area contributed by atoms with Gasteiger partial charge in [0.15, 0.2) is 12.5 Å². The highest BCUT2D eigenvalue weighted by atomic mass is 79.9. The predicted molar refractivity (Wildman–Crippen MR) is 141 cm³/mol. The van der Waals surface area contributed by atoms with Crippen molar-refractivity contribution in [2.24, 2.45) is 4.40 Å². The summed E-state index contributed by atoms with van der Waals surface area (Å²) in [6.07, 6.45) is 0. The molecule has 0 amide bonds. The van der Waals surface area contributed by atoms with E-state index in [1.165, 1.54) is 7.11 Å². The fourth-order valence-electron chi connectivity index (χ4n) is 2.03. The normalized spacial score (nSPS) is 12.4. The van der Waals surface area contributed by atoms with Gasteiger partial charge in [0.05, 0.1) is 21.4 Å². The molecular formula is C22H26Br3NO6S. The Morgan fingerprint density at radius 3 is 2.21 bits per heavy atom. The number of benzene rings is 2. The summed E-state index contributed by atoms with van der Waals surface area (Å²) in [6, 6.07) is 10.3. The Kier molecular flexibility index (Phi) is 12.8. The van der Waals surface area contributed by atoms with Crippen LogP contribution in [0.1, 0.15) is 33.3 Å². The van der Waals surface area contributed by atoms with Gasteiger partial charge in [-0.25, -0.2) is 9.00 Å². The van der Waals surface area contributed by atoms with Gasteiger partial charge in [0, 0.05) is 16.1 Å². The standard InChI is InChI=1S/C16H22BrNO5S.C6H4Br2O/c1-6-22-15(19)14(18-24(20)16(2,3)4)12-9-11(17)7-8-13(12)23-10-21-5;7-4-1-2-6(9)5(8)3-4/h7-9H,6,10H2,1-5H3;1-3,9H. The number of carbonyl (C=O) groups is 1. The number of rotatable bonds is 7. The van der Waals surface area contributed by atoms with Crippen molar-refractivity contribution in [2.45, 2.75) is 32.4 Å². The lowest BCUT2D eigenvalue weighted by Gasteiger charge is -2.16. The third kappa shape index (κ3) is 10.3. The van der Waals surface area contributed by atoms with Gasteiger partial charge in [-0.3, -0.25) is 0 Å². The van der Waals surface area contributed by atoms with Crippen molar-refractivity contribution in [3.63, 3.8) is 0 Å². The van der Waals surface area contributed by atoms with E-state index >= 15 is 0 Å². The van der Waals surface area contributed by atoms with E-state index < -0.39 is 21.7 Å². The Morgan fingerprint density at radius 1 is 1.09 bits per heavy atom. The number of ether oxygens (including phenoxy) is 3. The molecule has 1 unspecified atom stereocenters. The monoisotopic (exact) mass is 669 g/mol. The van der Waals surface area contributed by atoms with Crippen LogP contribution in [0.5, 0.6) is 11.5 Å². The van der Waals surface area contributed by atoms with E-state index in [2.05, 4.69) is 52.2 Å². The third-order valence-corrected chi connectivity index (χ3v) is 6.62. The number of aromatic hydroxyl groups is 1. The zero-order chi connectivity index (χ0) is 25.2. The molecule has 2 aromatic carbocycles. The van der Waals surface area contributed by atoms with Crippen LogP contribution in [0.15, 0.2) is 54.2 Å². The molecule has 2 rings (SSSR count). The Labute approximate surface area is 221 Å². The number of esters is 1. The third-order valence-electron chi connectivity index (χ3n) is 3.61. The van der Waals surface area contributed by atoms with Gasteiger partial charge in [0.25, 0.3) is 0 Å². The summed E-state index contributed by atoms with van der Waals surface area (Å²) < 4.78 is 33.7. The lowest BCUT2D eigenvalue weighted by molar-refractivity contribution is -0.134. The number of halogens is 3. The van der Waals surface area contributed by atoms with E-state index in [1.807, 2.05) is 0 Å². The summed E-state index contributed by atoms with van der Waals surface area (Å²) >= 11 is 9.78. The molecule has 0 saturated heterocycles. The van der Waals surface area contributed by atoms with Gasteiger partial charge >= 0.3 is 5.97 Å². The number of carbonyl (C=O) groups excluding carboxylic acids is 1. The number of nitrogens with zero attached hydrogens (tertiary/aromatic N) is 1. The molecule has 0 aliphatic carbocycles. The Bertz CT molecular complexity index is 1010. The van der Waals surface area contributed by atoms with Gasteiger partial charge in [-0.15, -0.1) is 0 Å². The fraction of sp³-hybridized carbons (Fsp3) is 0.364. The zero-order valence-corrected chi connectivity index (χ0v) is 24.4. The quantitative estimate of drug-likeness (QED) is 0.215. The molecule has 0 radical (unpaired) electrons. The molecule has 0 spiro atoms. The van der Waals surface area contributed by atoms with Gasteiger partial charge in [0.2, 0.25) is 0 Å². The van der Waals surface area contributed by atoms with E-state index in [1.54, 1.807) is 64.1 Å². The molecule has 7 nitrogen and oxygen atoms in total. The minimum Gasteiger partial charge on any atom is -0.507 e. The lowest BCUT2D eigenvalue weighted by atomic mass is 10.1. The lowest BCUT2D eigenvalue weighted by Crippen LogP contribution is -2.25. The number of phenols is 1. The summed E-state index contributed by atoms with van der Waals surface area (Å²) in [6.45, 7) is 7.21. The van der Waals surface area contributed by atoms with Crippen LogP contribution in [0.3, 0.4) is 0 Å². The molecule has 0 fully saturated rings. The van der Waals surface area contributed by atoms with E-state index in [0.29, 0.717) is 15.8 Å². The number of methoxy groups -OCH3 is 1. The maximum atomic E-state index is 12.4. The Hall–Kier alpha value is -1.27. The summed E-state index contributed by atoms with van der Waals surface area (Å²) in [4.78, 5) is 12.4. The highest BCUT2D eigenvalue weighted by molar-refractivity contribution is 9.11. The molecule has 0 aliphatic rings. The first-order valence-electron chi connectivity index (χ1n) is 9.64. The zero-order valence-electron chi connectivity index (χ0n) is 18.9. The number of hydrogen-bond acceptors (Lipinski definition) is 6. The van der Waals surface area contributed by atoms with E-state index in [0.717, 1.165) is 8.95 Å². The molecule has 0 saturated carbocycles.